The van der Waals surface area contributed by atoms with E-state index < -0.39 is 0 Å². The predicted molar refractivity (Wildman–Crippen MR) is 105 cm³/mol. The van der Waals surface area contributed by atoms with Gasteiger partial charge < -0.3 is 10.1 Å². The van der Waals surface area contributed by atoms with Crippen molar-refractivity contribution in [1.82, 2.24) is 20.1 Å². The molecule has 27 heavy (non-hydrogen) atoms. The summed E-state index contributed by atoms with van der Waals surface area (Å²) in [7, 11) is 1.60. The minimum atomic E-state index is -0.356. The Bertz CT molecular complexity index is 933. The fourth-order valence-electron chi connectivity index (χ4n) is 2.30. The van der Waals surface area contributed by atoms with E-state index >= 15 is 0 Å². The molecular weight excluding hydrogens is 435 g/mol. The number of thioether (sulfide) groups is 1. The molecule has 0 bridgehead atoms. The molecule has 0 radical (unpaired) electrons. The van der Waals surface area contributed by atoms with Crippen molar-refractivity contribution in [1.29, 1.82) is 0 Å². The zero-order chi connectivity index (χ0) is 19.2. The van der Waals surface area contributed by atoms with Crippen LogP contribution >= 0.6 is 27.7 Å². The Balaban J connectivity index is 1.58. The fraction of sp³-hybridized carbons (Fsp3) is 0.167. The molecule has 0 atom stereocenters. The van der Waals surface area contributed by atoms with Gasteiger partial charge in [-0.25, -0.2) is 4.39 Å². The van der Waals surface area contributed by atoms with Crippen LogP contribution in [0.4, 0.5) is 4.39 Å². The van der Waals surface area contributed by atoms with Crippen molar-refractivity contribution >= 4 is 33.6 Å². The van der Waals surface area contributed by atoms with E-state index in [1.54, 1.807) is 30.1 Å². The van der Waals surface area contributed by atoms with E-state index in [9.17, 15) is 9.18 Å². The third-order valence-corrected chi connectivity index (χ3v) is 5.12. The maximum atomic E-state index is 13.7. The maximum Gasteiger partial charge on any atom is 0.230 e. The van der Waals surface area contributed by atoms with Crippen LogP contribution in [0, 0.1) is 5.82 Å². The van der Waals surface area contributed by atoms with Crippen molar-refractivity contribution in [3.05, 3.63) is 64.6 Å². The van der Waals surface area contributed by atoms with Gasteiger partial charge in [-0.3, -0.25) is 9.36 Å². The molecule has 0 unspecified atom stereocenters. The topological polar surface area (TPSA) is 69.0 Å². The number of rotatable bonds is 7. The van der Waals surface area contributed by atoms with Crippen LogP contribution in [0.1, 0.15) is 5.56 Å². The smallest absolute Gasteiger partial charge is 0.230 e. The van der Waals surface area contributed by atoms with Gasteiger partial charge in [0.1, 0.15) is 17.9 Å². The second kappa shape index (κ2) is 9.01. The van der Waals surface area contributed by atoms with Crippen LogP contribution in [-0.4, -0.2) is 33.5 Å². The molecule has 9 heteroatoms. The van der Waals surface area contributed by atoms with E-state index in [0.29, 0.717) is 10.7 Å². The summed E-state index contributed by atoms with van der Waals surface area (Å²) in [5, 5.41) is 11.3. The van der Waals surface area contributed by atoms with E-state index in [4.69, 9.17) is 4.74 Å². The van der Waals surface area contributed by atoms with Gasteiger partial charge in [-0.05, 0) is 42.5 Å². The molecule has 1 aromatic heterocycles. The third kappa shape index (κ3) is 5.08. The zero-order valence-corrected chi connectivity index (χ0v) is 16.8. The predicted octanol–water partition coefficient (Wildman–Crippen LogP) is 3.59. The zero-order valence-electron chi connectivity index (χ0n) is 14.4. The minimum Gasteiger partial charge on any atom is -0.497 e. The molecule has 1 amide bonds. The normalized spacial score (nSPS) is 10.6. The second-order valence-corrected chi connectivity index (χ2v) is 7.34. The Kier molecular flexibility index (Phi) is 6.46. The van der Waals surface area contributed by atoms with Crippen molar-refractivity contribution in [2.45, 2.75) is 11.7 Å². The molecule has 2 aromatic carbocycles. The van der Waals surface area contributed by atoms with E-state index in [-0.39, 0.29) is 24.0 Å². The van der Waals surface area contributed by atoms with Crippen LogP contribution in [0.2, 0.25) is 0 Å². The summed E-state index contributed by atoms with van der Waals surface area (Å²) in [5.74, 6) is 0.319. The number of hydrogen-bond donors (Lipinski definition) is 1. The average molecular weight is 451 g/mol. The lowest BCUT2D eigenvalue weighted by molar-refractivity contribution is -0.118. The molecule has 1 heterocycles. The van der Waals surface area contributed by atoms with Crippen molar-refractivity contribution < 1.29 is 13.9 Å². The summed E-state index contributed by atoms with van der Waals surface area (Å²) in [6, 6.07) is 12.0. The Labute approximate surface area is 168 Å². The number of halogens is 2. The highest BCUT2D eigenvalue weighted by atomic mass is 79.9. The lowest BCUT2D eigenvalue weighted by Gasteiger charge is -2.08. The van der Waals surface area contributed by atoms with Gasteiger partial charge in [0.2, 0.25) is 5.91 Å². The molecule has 1 N–H and O–H groups in total. The number of aromatic nitrogens is 3. The lowest BCUT2D eigenvalue weighted by atomic mass is 10.2. The van der Waals surface area contributed by atoms with Gasteiger partial charge in [0.25, 0.3) is 0 Å². The first-order chi connectivity index (χ1) is 13.1. The van der Waals surface area contributed by atoms with Gasteiger partial charge in [0.05, 0.1) is 12.9 Å². The number of nitrogens with one attached hydrogen (secondary N) is 1. The summed E-state index contributed by atoms with van der Waals surface area (Å²) >= 11 is 4.54. The number of carbonyl (C=O) groups is 1. The number of carbonyl (C=O) groups excluding carboxylic acids is 1. The molecule has 3 rings (SSSR count). The van der Waals surface area contributed by atoms with Crippen molar-refractivity contribution in [3.8, 4) is 11.4 Å². The molecule has 0 aliphatic rings. The molecule has 0 saturated heterocycles. The van der Waals surface area contributed by atoms with Crippen LogP contribution < -0.4 is 10.1 Å². The third-order valence-electron chi connectivity index (χ3n) is 3.68. The average Bonchev–Trinajstić information content (AvgIpc) is 3.15. The van der Waals surface area contributed by atoms with E-state index in [0.717, 1.165) is 15.9 Å². The first-order valence-corrected chi connectivity index (χ1v) is 9.72. The molecule has 0 saturated carbocycles. The van der Waals surface area contributed by atoms with Gasteiger partial charge in [0.15, 0.2) is 5.16 Å². The van der Waals surface area contributed by atoms with Crippen molar-refractivity contribution in [3.63, 3.8) is 0 Å². The molecule has 0 aliphatic heterocycles. The van der Waals surface area contributed by atoms with Gasteiger partial charge in [0, 0.05) is 22.3 Å². The SMILES string of the molecule is COc1ccc(-n2cnnc2SCC(=O)NCc2cc(Br)ccc2F)cc1. The lowest BCUT2D eigenvalue weighted by Crippen LogP contribution is -2.25. The minimum absolute atomic E-state index is 0.121. The standard InChI is InChI=1S/C18H16BrFN4O2S/c1-26-15-5-3-14(4-6-15)24-11-22-23-18(24)27-10-17(25)21-9-12-8-13(19)2-7-16(12)20/h2-8,11H,9-10H2,1H3,(H,21,25). The Morgan fingerprint density at radius 1 is 1.30 bits per heavy atom. The van der Waals surface area contributed by atoms with Gasteiger partial charge in [-0.2, -0.15) is 0 Å². The monoisotopic (exact) mass is 450 g/mol. The summed E-state index contributed by atoms with van der Waals surface area (Å²) in [6.07, 6.45) is 1.58. The largest absolute Gasteiger partial charge is 0.497 e. The van der Waals surface area contributed by atoms with Gasteiger partial charge >= 0.3 is 0 Å². The van der Waals surface area contributed by atoms with E-state index in [1.807, 2.05) is 24.3 Å². The first-order valence-electron chi connectivity index (χ1n) is 7.94. The molecular formula is C18H16BrFN4O2S. The Hall–Kier alpha value is -2.39. The Morgan fingerprint density at radius 3 is 2.81 bits per heavy atom. The number of hydrogen-bond acceptors (Lipinski definition) is 5. The number of methoxy groups -OCH3 is 1. The van der Waals surface area contributed by atoms with Gasteiger partial charge in [-0.1, -0.05) is 27.7 Å². The van der Waals surface area contributed by atoms with Crippen molar-refractivity contribution in [2.24, 2.45) is 0 Å². The number of nitrogens with zero attached hydrogens (tertiary/aromatic N) is 3. The maximum absolute atomic E-state index is 13.7. The molecule has 140 valence electrons. The quantitative estimate of drug-likeness (QED) is 0.557. The molecule has 0 aliphatic carbocycles. The summed E-state index contributed by atoms with van der Waals surface area (Å²) in [5.41, 5.74) is 1.28. The van der Waals surface area contributed by atoms with E-state index in [1.165, 1.54) is 17.8 Å². The van der Waals surface area contributed by atoms with Crippen LogP contribution in [0.3, 0.4) is 0 Å². The summed E-state index contributed by atoms with van der Waals surface area (Å²) in [6.45, 7) is 0.121. The number of benzene rings is 2. The van der Waals surface area contributed by atoms with Crippen LogP contribution in [-0.2, 0) is 11.3 Å². The van der Waals surface area contributed by atoms with Crippen LogP contribution in [0.5, 0.6) is 5.75 Å². The van der Waals surface area contributed by atoms with Crippen molar-refractivity contribution in [2.75, 3.05) is 12.9 Å². The highest BCUT2D eigenvalue weighted by molar-refractivity contribution is 9.10. The Morgan fingerprint density at radius 2 is 2.07 bits per heavy atom. The molecule has 6 nitrogen and oxygen atoms in total. The fourth-order valence-corrected chi connectivity index (χ4v) is 3.46. The highest BCUT2D eigenvalue weighted by Crippen LogP contribution is 2.21. The molecule has 0 fully saturated rings. The van der Waals surface area contributed by atoms with Crippen LogP contribution in [0.25, 0.3) is 5.69 Å². The van der Waals surface area contributed by atoms with Gasteiger partial charge in [-0.15, -0.1) is 10.2 Å². The summed E-state index contributed by atoms with van der Waals surface area (Å²) in [4.78, 5) is 12.1. The highest BCUT2D eigenvalue weighted by Gasteiger charge is 2.11. The summed E-state index contributed by atoms with van der Waals surface area (Å²) < 4.78 is 21.4. The number of amides is 1. The van der Waals surface area contributed by atoms with E-state index in [2.05, 4.69) is 31.4 Å². The number of ether oxygens (including phenoxy) is 1. The first kappa shape index (κ1) is 19.4. The van der Waals surface area contributed by atoms with Crippen LogP contribution in [0.15, 0.2) is 58.4 Å². The molecule has 0 spiro atoms. The second-order valence-electron chi connectivity index (χ2n) is 5.48. The molecule has 3 aromatic rings.